The van der Waals surface area contributed by atoms with Gasteiger partial charge in [0.15, 0.2) is 5.65 Å². The number of rotatable bonds is 6. The topological polar surface area (TPSA) is 142 Å². The Bertz CT molecular complexity index is 1580. The maximum Gasteiger partial charge on any atom is 0.268 e. The normalized spacial score (nSPS) is 10.9. The number of nitriles is 1. The highest BCUT2D eigenvalue weighted by atomic mass is 16.2. The lowest BCUT2D eigenvalue weighted by molar-refractivity contribution is -0.114. The fraction of sp³-hybridized carbons (Fsp3) is 0.0833. The third-order valence-electron chi connectivity index (χ3n) is 5.51. The van der Waals surface area contributed by atoms with Crippen molar-refractivity contribution in [2.24, 2.45) is 0 Å². The maximum absolute atomic E-state index is 12.9. The summed E-state index contributed by atoms with van der Waals surface area (Å²) in [6.07, 6.45) is 3.12. The van der Waals surface area contributed by atoms with Crippen LogP contribution in [0.25, 0.3) is 33.2 Å². The van der Waals surface area contributed by atoms with Gasteiger partial charge in [0.2, 0.25) is 0 Å². The van der Waals surface area contributed by atoms with Crippen LogP contribution in [0.3, 0.4) is 0 Å². The van der Waals surface area contributed by atoms with Crippen molar-refractivity contribution in [1.29, 1.82) is 5.26 Å². The molecule has 3 N–H and O–H groups in total. The number of H-pyrrole nitrogens is 1. The quantitative estimate of drug-likeness (QED) is 0.300. The van der Waals surface area contributed by atoms with Crippen LogP contribution in [0, 0.1) is 11.3 Å². The summed E-state index contributed by atoms with van der Waals surface area (Å²) in [5.74, 6) is -0.155. The average molecular weight is 449 g/mol. The second-order valence-electron chi connectivity index (χ2n) is 7.58. The van der Waals surface area contributed by atoms with Gasteiger partial charge in [0.25, 0.3) is 5.91 Å². The van der Waals surface area contributed by atoms with Gasteiger partial charge in [-0.15, -0.1) is 0 Å². The number of anilines is 2. The highest BCUT2D eigenvalue weighted by molar-refractivity contribution is 6.07. The largest absolute Gasteiger partial charge is 0.383 e. The van der Waals surface area contributed by atoms with E-state index in [1.165, 1.54) is 11.2 Å². The van der Waals surface area contributed by atoms with Crippen LogP contribution in [0.2, 0.25) is 0 Å². The van der Waals surface area contributed by atoms with Gasteiger partial charge in [-0.3, -0.25) is 9.89 Å². The molecule has 0 bridgehead atoms. The third-order valence-corrected chi connectivity index (χ3v) is 5.51. The number of benzene rings is 2. The van der Waals surface area contributed by atoms with Crippen LogP contribution >= 0.6 is 0 Å². The Labute approximate surface area is 194 Å². The average Bonchev–Trinajstić information content (AvgIpc) is 3.49. The molecule has 10 nitrogen and oxygen atoms in total. The van der Waals surface area contributed by atoms with E-state index in [1.807, 2.05) is 42.5 Å². The molecule has 0 atom stereocenters. The highest BCUT2D eigenvalue weighted by Gasteiger charge is 2.21. The summed E-state index contributed by atoms with van der Waals surface area (Å²) in [6.45, 7) is 4.13. The van der Waals surface area contributed by atoms with Crippen molar-refractivity contribution >= 4 is 39.3 Å². The van der Waals surface area contributed by atoms with Crippen LogP contribution in [-0.2, 0) is 11.3 Å². The van der Waals surface area contributed by atoms with Crippen molar-refractivity contribution < 1.29 is 4.79 Å². The van der Waals surface area contributed by atoms with Gasteiger partial charge < -0.3 is 10.6 Å². The summed E-state index contributed by atoms with van der Waals surface area (Å²) in [5, 5.41) is 22.5. The van der Waals surface area contributed by atoms with E-state index in [0.717, 1.165) is 16.5 Å². The minimum atomic E-state index is -0.468. The van der Waals surface area contributed by atoms with Crippen molar-refractivity contribution in [1.82, 2.24) is 29.9 Å². The third kappa shape index (κ3) is 3.61. The molecule has 5 aromatic rings. The minimum absolute atomic E-state index is 0.144. The number of aromatic nitrogens is 6. The Hall–Kier alpha value is -5.04. The molecule has 0 saturated heterocycles. The van der Waals surface area contributed by atoms with E-state index in [9.17, 15) is 10.1 Å². The van der Waals surface area contributed by atoms with E-state index < -0.39 is 5.91 Å². The molecule has 166 valence electrons. The summed E-state index contributed by atoms with van der Waals surface area (Å²) in [6, 6.07) is 16.8. The van der Waals surface area contributed by atoms with E-state index in [0.29, 0.717) is 34.8 Å². The number of aromatic amines is 1. The summed E-state index contributed by atoms with van der Waals surface area (Å²) < 4.78 is 1.70. The lowest BCUT2D eigenvalue weighted by atomic mass is 10.1. The fourth-order valence-corrected chi connectivity index (χ4v) is 3.84. The smallest absolute Gasteiger partial charge is 0.268 e. The van der Waals surface area contributed by atoms with Gasteiger partial charge in [-0.2, -0.15) is 15.5 Å². The lowest BCUT2D eigenvalue weighted by Gasteiger charge is -2.22. The molecule has 0 spiro atoms. The molecule has 0 radical (unpaired) electrons. The van der Waals surface area contributed by atoms with Crippen LogP contribution < -0.4 is 10.6 Å². The standard InChI is InChI=1S/C24H19N9O/c1-15(12-25)24(34)32(18-5-3-2-4-6-18)9-10-33-23-20(22(26)27-14-28-23)21(31-33)16-7-8-19-17(11-16)13-29-30-19/h2-8,11,13-14H,1,9-10H2,(H,29,30)(H2,26,27,28). The molecule has 0 aliphatic rings. The van der Waals surface area contributed by atoms with Crippen LogP contribution in [0.4, 0.5) is 11.5 Å². The van der Waals surface area contributed by atoms with Crippen molar-refractivity contribution in [2.45, 2.75) is 6.54 Å². The zero-order valence-electron chi connectivity index (χ0n) is 18.0. The number of carbonyl (C=O) groups excluding carboxylic acids is 1. The van der Waals surface area contributed by atoms with E-state index in [2.05, 4.69) is 26.7 Å². The predicted octanol–water partition coefficient (Wildman–Crippen LogP) is 3.06. The molecule has 0 fully saturated rings. The monoisotopic (exact) mass is 449 g/mol. The Balaban J connectivity index is 1.55. The highest BCUT2D eigenvalue weighted by Crippen LogP contribution is 2.31. The molecule has 2 aromatic carbocycles. The first-order chi connectivity index (χ1) is 16.6. The van der Waals surface area contributed by atoms with E-state index in [-0.39, 0.29) is 12.1 Å². The molecule has 3 aromatic heterocycles. The van der Waals surface area contributed by atoms with Gasteiger partial charge in [0.05, 0.1) is 23.6 Å². The van der Waals surface area contributed by atoms with E-state index in [4.69, 9.17) is 10.8 Å². The van der Waals surface area contributed by atoms with Gasteiger partial charge >= 0.3 is 0 Å². The number of amides is 1. The van der Waals surface area contributed by atoms with Gasteiger partial charge in [0.1, 0.15) is 29.5 Å². The molecule has 5 rings (SSSR count). The number of nitrogens with two attached hydrogens (primary N) is 1. The SMILES string of the molecule is C=C(C#N)C(=O)N(CCn1nc(-c2ccc3[nH]ncc3c2)c2c(N)ncnc21)c1ccccc1. The van der Waals surface area contributed by atoms with Gasteiger partial charge in [-0.1, -0.05) is 30.8 Å². The maximum atomic E-state index is 12.9. The van der Waals surface area contributed by atoms with Gasteiger partial charge in [-0.05, 0) is 24.3 Å². The first kappa shape index (κ1) is 20.8. The Morgan fingerprint density at radius 1 is 1.21 bits per heavy atom. The zero-order chi connectivity index (χ0) is 23.7. The molecule has 10 heteroatoms. The molecular formula is C24H19N9O. The first-order valence-corrected chi connectivity index (χ1v) is 10.4. The summed E-state index contributed by atoms with van der Waals surface area (Å²) in [5.41, 5.74) is 9.66. The van der Waals surface area contributed by atoms with Crippen molar-refractivity contribution in [3.05, 3.63) is 73.2 Å². The molecule has 3 heterocycles. The zero-order valence-corrected chi connectivity index (χ0v) is 18.0. The number of hydrogen-bond acceptors (Lipinski definition) is 7. The molecule has 0 aliphatic carbocycles. The van der Waals surface area contributed by atoms with E-state index >= 15 is 0 Å². The van der Waals surface area contributed by atoms with Crippen LogP contribution in [-0.4, -0.2) is 42.4 Å². The fourth-order valence-electron chi connectivity index (χ4n) is 3.84. The van der Waals surface area contributed by atoms with Crippen molar-refractivity contribution in [3.63, 3.8) is 0 Å². The number of carbonyl (C=O) groups is 1. The summed E-state index contributed by atoms with van der Waals surface area (Å²) in [4.78, 5) is 22.9. The molecule has 1 amide bonds. The molecule has 0 aliphatic heterocycles. The van der Waals surface area contributed by atoms with Crippen LogP contribution in [0.5, 0.6) is 0 Å². The molecule has 34 heavy (non-hydrogen) atoms. The van der Waals surface area contributed by atoms with Crippen LogP contribution in [0.15, 0.2) is 73.2 Å². The van der Waals surface area contributed by atoms with Crippen molar-refractivity contribution in [2.75, 3.05) is 17.2 Å². The lowest BCUT2D eigenvalue weighted by Crippen LogP contribution is -2.34. The number of fused-ring (bicyclic) bond motifs is 2. The van der Waals surface area contributed by atoms with Gasteiger partial charge in [-0.25, -0.2) is 14.6 Å². The van der Waals surface area contributed by atoms with Crippen molar-refractivity contribution in [3.8, 4) is 17.3 Å². The van der Waals surface area contributed by atoms with Crippen LogP contribution in [0.1, 0.15) is 0 Å². The number of nitrogens with one attached hydrogen (secondary N) is 1. The summed E-state index contributed by atoms with van der Waals surface area (Å²) in [7, 11) is 0. The Morgan fingerprint density at radius 3 is 2.82 bits per heavy atom. The molecular weight excluding hydrogens is 430 g/mol. The van der Waals surface area contributed by atoms with E-state index in [1.54, 1.807) is 23.0 Å². The molecule has 0 unspecified atom stereocenters. The number of hydrogen-bond donors (Lipinski definition) is 2. The second-order valence-corrected chi connectivity index (χ2v) is 7.58. The summed E-state index contributed by atoms with van der Waals surface area (Å²) >= 11 is 0. The molecule has 0 saturated carbocycles. The minimum Gasteiger partial charge on any atom is -0.383 e. The predicted molar refractivity (Wildman–Crippen MR) is 128 cm³/mol. The number of nitrogen functional groups attached to an aromatic ring is 1. The number of para-hydroxylation sites is 1. The first-order valence-electron chi connectivity index (χ1n) is 10.4. The second kappa shape index (κ2) is 8.48. The Morgan fingerprint density at radius 2 is 2.03 bits per heavy atom. The van der Waals surface area contributed by atoms with Gasteiger partial charge in [0, 0.05) is 23.2 Å². The number of nitrogens with zero attached hydrogens (tertiary/aromatic N) is 7. The Kier molecular flexibility index (Phi) is 5.20.